The van der Waals surface area contributed by atoms with Gasteiger partial charge in [-0.2, -0.15) is 0 Å². The van der Waals surface area contributed by atoms with E-state index >= 15 is 0 Å². The first kappa shape index (κ1) is 17.0. The van der Waals surface area contributed by atoms with Crippen LogP contribution >= 0.6 is 0 Å². The molecule has 1 aliphatic heterocycles. The van der Waals surface area contributed by atoms with Gasteiger partial charge in [0.25, 0.3) is 0 Å². The fourth-order valence-electron chi connectivity index (χ4n) is 2.92. The first-order chi connectivity index (χ1) is 10.7. The molecule has 2 atom stereocenters. The van der Waals surface area contributed by atoms with E-state index < -0.39 is 6.10 Å². The quantitative estimate of drug-likeness (QED) is 0.777. The molecule has 0 saturated carbocycles. The molecule has 1 aromatic carbocycles. The summed E-state index contributed by atoms with van der Waals surface area (Å²) in [5, 5.41) is 0. The van der Waals surface area contributed by atoms with Crippen LogP contribution in [0.4, 0.5) is 0 Å². The number of benzene rings is 1. The second-order valence-electron chi connectivity index (χ2n) is 5.94. The van der Waals surface area contributed by atoms with E-state index in [1.807, 2.05) is 25.1 Å². The van der Waals surface area contributed by atoms with Crippen LogP contribution in [0.5, 0.6) is 0 Å². The number of carbonyl (C=O) groups is 1. The number of quaternary nitrogens is 1. The monoisotopic (exact) mass is 306 g/mol. The highest BCUT2D eigenvalue weighted by atomic mass is 16.6. The summed E-state index contributed by atoms with van der Waals surface area (Å²) < 4.78 is 11.3. The number of hydrogen-bond acceptors (Lipinski definition) is 3. The summed E-state index contributed by atoms with van der Waals surface area (Å²) in [5.74, 6) is -0.255. The minimum absolute atomic E-state index is 0.0710. The van der Waals surface area contributed by atoms with Crippen LogP contribution in [-0.4, -0.2) is 38.3 Å². The van der Waals surface area contributed by atoms with Crippen molar-refractivity contribution in [2.45, 2.75) is 45.8 Å². The Kier molecular flexibility index (Phi) is 6.40. The fraction of sp³-hybridized carbons (Fsp3) is 0.611. The van der Waals surface area contributed by atoms with Crippen LogP contribution in [0, 0.1) is 0 Å². The summed E-state index contributed by atoms with van der Waals surface area (Å²) in [6.45, 7) is 10.2. The first-order valence-electron chi connectivity index (χ1n) is 8.39. The van der Waals surface area contributed by atoms with Crippen molar-refractivity contribution in [2.24, 2.45) is 0 Å². The van der Waals surface area contributed by atoms with Crippen molar-refractivity contribution in [3.63, 3.8) is 0 Å². The largest absolute Gasteiger partial charge is 0.460 e. The molecule has 1 aromatic rings. The summed E-state index contributed by atoms with van der Waals surface area (Å²) in [5.41, 5.74) is 2.15. The van der Waals surface area contributed by atoms with Gasteiger partial charge in [-0.15, -0.1) is 0 Å². The highest BCUT2D eigenvalue weighted by Crippen LogP contribution is 2.28. The van der Waals surface area contributed by atoms with Crippen molar-refractivity contribution in [1.29, 1.82) is 0 Å². The molecule has 1 aliphatic rings. The average molecular weight is 306 g/mol. The molecule has 0 radical (unpaired) electrons. The van der Waals surface area contributed by atoms with Gasteiger partial charge >= 0.3 is 5.97 Å². The van der Waals surface area contributed by atoms with Crippen molar-refractivity contribution in [1.82, 2.24) is 0 Å². The molecule has 0 fully saturated rings. The van der Waals surface area contributed by atoms with Gasteiger partial charge < -0.3 is 14.4 Å². The Balaban J connectivity index is 1.90. The van der Waals surface area contributed by atoms with Gasteiger partial charge in [0.05, 0.1) is 26.2 Å². The van der Waals surface area contributed by atoms with E-state index in [9.17, 15) is 4.79 Å². The molecule has 2 rings (SSSR count). The second-order valence-corrected chi connectivity index (χ2v) is 5.94. The van der Waals surface area contributed by atoms with Gasteiger partial charge in [0.15, 0.2) is 6.10 Å². The van der Waals surface area contributed by atoms with E-state index in [1.54, 1.807) is 0 Å². The van der Waals surface area contributed by atoms with E-state index in [4.69, 9.17) is 9.47 Å². The van der Waals surface area contributed by atoms with Gasteiger partial charge in [0.2, 0.25) is 0 Å². The van der Waals surface area contributed by atoms with E-state index in [-0.39, 0.29) is 12.1 Å². The lowest BCUT2D eigenvalue weighted by Crippen LogP contribution is -3.11. The van der Waals surface area contributed by atoms with Gasteiger partial charge in [0, 0.05) is 6.42 Å². The third kappa shape index (κ3) is 4.31. The lowest BCUT2D eigenvalue weighted by molar-refractivity contribution is -0.896. The Morgan fingerprint density at radius 3 is 2.82 bits per heavy atom. The second kappa shape index (κ2) is 8.30. The van der Waals surface area contributed by atoms with Crippen LogP contribution in [0.2, 0.25) is 0 Å². The molecule has 4 heteroatoms. The Hall–Kier alpha value is -1.39. The minimum Gasteiger partial charge on any atom is -0.460 e. The first-order valence-corrected chi connectivity index (χ1v) is 8.39. The Labute approximate surface area is 133 Å². The number of rotatable bonds is 7. The van der Waals surface area contributed by atoms with E-state index in [1.165, 1.54) is 10.5 Å². The van der Waals surface area contributed by atoms with E-state index in [0.29, 0.717) is 6.61 Å². The van der Waals surface area contributed by atoms with Crippen molar-refractivity contribution in [2.75, 3.05) is 26.2 Å². The van der Waals surface area contributed by atoms with Gasteiger partial charge in [-0.25, -0.2) is 4.79 Å². The molecule has 1 heterocycles. The number of esters is 1. The molecule has 0 saturated heterocycles. The number of fused-ring (bicyclic) bond motifs is 1. The Morgan fingerprint density at radius 1 is 1.36 bits per heavy atom. The maximum atomic E-state index is 12.4. The van der Waals surface area contributed by atoms with Crippen molar-refractivity contribution in [3.05, 3.63) is 35.4 Å². The van der Waals surface area contributed by atoms with Gasteiger partial charge in [0.1, 0.15) is 6.10 Å². The fourth-order valence-corrected chi connectivity index (χ4v) is 2.92. The zero-order valence-corrected chi connectivity index (χ0v) is 13.9. The lowest BCUT2D eigenvalue weighted by Gasteiger charge is -2.26. The van der Waals surface area contributed by atoms with Crippen LogP contribution in [0.15, 0.2) is 24.3 Å². The standard InChI is InChI=1S/C18H27NO3/c1-4-19(5-2)12-10-14(3)22-18(20)17-16-9-7-6-8-15(16)11-13-21-17/h6-9,14,17H,4-5,10-13H2,1-3H3/p+1/t14-,17-/m1/s1. The van der Waals surface area contributed by atoms with Crippen LogP contribution in [0.25, 0.3) is 0 Å². The van der Waals surface area contributed by atoms with Crippen LogP contribution in [0.1, 0.15) is 44.4 Å². The molecule has 0 amide bonds. The van der Waals surface area contributed by atoms with Crippen LogP contribution in [-0.2, 0) is 20.7 Å². The third-order valence-electron chi connectivity index (χ3n) is 4.43. The number of hydrogen-bond donors (Lipinski definition) is 1. The summed E-state index contributed by atoms with van der Waals surface area (Å²) in [6, 6.07) is 7.97. The van der Waals surface area contributed by atoms with Gasteiger partial charge in [-0.3, -0.25) is 0 Å². The normalized spacial score (nSPS) is 18.8. The molecule has 0 aromatic heterocycles. The topological polar surface area (TPSA) is 40.0 Å². The predicted octanol–water partition coefficient (Wildman–Crippen LogP) is 1.55. The van der Waals surface area contributed by atoms with Gasteiger partial charge in [-0.1, -0.05) is 24.3 Å². The van der Waals surface area contributed by atoms with Crippen molar-refractivity contribution < 1.29 is 19.2 Å². The molecular weight excluding hydrogens is 278 g/mol. The van der Waals surface area contributed by atoms with Crippen LogP contribution < -0.4 is 4.90 Å². The van der Waals surface area contributed by atoms with Crippen LogP contribution in [0.3, 0.4) is 0 Å². The third-order valence-corrected chi connectivity index (χ3v) is 4.43. The number of nitrogens with one attached hydrogen (secondary N) is 1. The average Bonchev–Trinajstić information content (AvgIpc) is 2.55. The molecule has 0 bridgehead atoms. The highest BCUT2D eigenvalue weighted by molar-refractivity contribution is 5.77. The smallest absolute Gasteiger partial charge is 0.340 e. The highest BCUT2D eigenvalue weighted by Gasteiger charge is 2.29. The summed E-state index contributed by atoms with van der Waals surface area (Å²) in [4.78, 5) is 13.9. The van der Waals surface area contributed by atoms with E-state index in [0.717, 1.165) is 38.0 Å². The lowest BCUT2D eigenvalue weighted by atomic mass is 9.98. The minimum atomic E-state index is -0.562. The zero-order valence-electron chi connectivity index (χ0n) is 13.9. The summed E-state index contributed by atoms with van der Waals surface area (Å²) in [7, 11) is 0. The molecule has 22 heavy (non-hydrogen) atoms. The van der Waals surface area contributed by atoms with E-state index in [2.05, 4.69) is 19.9 Å². The van der Waals surface area contributed by atoms with Gasteiger partial charge in [-0.05, 0) is 38.3 Å². The molecule has 0 aliphatic carbocycles. The molecular formula is C18H28NO3+. The molecule has 0 spiro atoms. The van der Waals surface area contributed by atoms with Crippen molar-refractivity contribution >= 4 is 5.97 Å². The van der Waals surface area contributed by atoms with Crippen molar-refractivity contribution in [3.8, 4) is 0 Å². The molecule has 0 unspecified atom stereocenters. The summed E-state index contributed by atoms with van der Waals surface area (Å²) in [6.07, 6.45) is 1.12. The Morgan fingerprint density at radius 2 is 2.09 bits per heavy atom. The SMILES string of the molecule is CC[NH+](CC)CC[C@@H](C)OC(=O)[C@@H]1OCCc2ccccc21. The Bertz CT molecular complexity index is 485. The maximum absolute atomic E-state index is 12.4. The predicted molar refractivity (Wildman–Crippen MR) is 85.9 cm³/mol. The number of carbonyl (C=O) groups excluding carboxylic acids is 1. The maximum Gasteiger partial charge on any atom is 0.340 e. The number of ether oxygens (including phenoxy) is 2. The molecule has 4 nitrogen and oxygen atoms in total. The molecule has 1 N–H and O–H groups in total. The summed E-state index contributed by atoms with van der Waals surface area (Å²) >= 11 is 0. The zero-order chi connectivity index (χ0) is 15.9. The molecule has 122 valence electrons.